The lowest BCUT2D eigenvalue weighted by molar-refractivity contribution is -0.116. The van der Waals surface area contributed by atoms with E-state index in [0.717, 1.165) is 0 Å². The lowest BCUT2D eigenvalue weighted by Crippen LogP contribution is -2.39. The third kappa shape index (κ3) is 5.00. The van der Waals surface area contributed by atoms with Crippen LogP contribution < -0.4 is 15.0 Å². The molecule has 2 heterocycles. The number of anilines is 3. The van der Waals surface area contributed by atoms with E-state index in [1.807, 2.05) is 0 Å². The molecule has 0 bridgehead atoms. The number of amides is 1. The first-order valence-electron chi connectivity index (χ1n) is 10.7. The molecule has 9 nitrogen and oxygen atoms in total. The number of halogens is 2. The molecule has 1 aliphatic heterocycles. The third-order valence-corrected chi connectivity index (χ3v) is 7.30. The Bertz CT molecular complexity index is 1270. The van der Waals surface area contributed by atoms with Crippen LogP contribution in [0.15, 0.2) is 36.7 Å². The molecule has 0 aliphatic carbocycles. The Morgan fingerprint density at radius 3 is 2.71 bits per heavy atom. The topological polar surface area (TPSA) is 103 Å². The van der Waals surface area contributed by atoms with Crippen LogP contribution in [0.2, 0.25) is 5.02 Å². The number of carbonyl (C=O) groups excluding carboxylic acids is 1. The number of ether oxygens (including phenoxy) is 1. The molecule has 12 heteroatoms. The standard InChI is InChI=1S/C22H23ClFN4O5P/c1-3-32-34(30,33-4-2)12-19(29)28-9-10-31-21-18(28)8-7-17-20(21)22(26-13-25-17)27-14-5-6-16(24)15(23)11-14/h5-8,11,13H,3-4,9-10,12H2,1-2H3,(H,25,26,27). The zero-order valence-corrected chi connectivity index (χ0v) is 20.2. The molecule has 0 saturated heterocycles. The number of nitrogens with one attached hydrogen (secondary N) is 1. The van der Waals surface area contributed by atoms with Crippen molar-refractivity contribution in [1.29, 1.82) is 0 Å². The number of hydrogen-bond donors (Lipinski definition) is 1. The summed E-state index contributed by atoms with van der Waals surface area (Å²) in [6, 6.07) is 7.66. The van der Waals surface area contributed by atoms with Crippen LogP contribution in [0.25, 0.3) is 10.9 Å². The van der Waals surface area contributed by atoms with Crippen LogP contribution in [0.5, 0.6) is 5.75 Å². The fraction of sp³-hybridized carbons (Fsp3) is 0.318. The van der Waals surface area contributed by atoms with Gasteiger partial charge in [-0.3, -0.25) is 9.36 Å². The number of fused-ring (bicyclic) bond motifs is 3. The van der Waals surface area contributed by atoms with Crippen molar-refractivity contribution in [2.24, 2.45) is 0 Å². The molecule has 2 aromatic carbocycles. The molecule has 0 fully saturated rings. The second-order valence-corrected chi connectivity index (χ2v) is 9.74. The quantitative estimate of drug-likeness (QED) is 0.416. The van der Waals surface area contributed by atoms with Gasteiger partial charge in [-0.15, -0.1) is 0 Å². The predicted molar refractivity (Wildman–Crippen MR) is 128 cm³/mol. The molecule has 1 N–H and O–H groups in total. The van der Waals surface area contributed by atoms with E-state index in [1.165, 1.54) is 29.4 Å². The van der Waals surface area contributed by atoms with Crippen molar-refractivity contribution in [2.75, 3.05) is 42.7 Å². The molecular formula is C22H23ClFN4O5P. The minimum atomic E-state index is -3.58. The van der Waals surface area contributed by atoms with E-state index >= 15 is 0 Å². The van der Waals surface area contributed by atoms with Gasteiger partial charge in [0.2, 0.25) is 5.91 Å². The Hall–Kier alpha value is -2.78. The minimum Gasteiger partial charge on any atom is -0.489 e. The number of aromatic nitrogens is 2. The molecule has 3 aromatic rings. The van der Waals surface area contributed by atoms with E-state index in [1.54, 1.807) is 26.0 Å². The van der Waals surface area contributed by atoms with E-state index in [-0.39, 0.29) is 31.4 Å². The van der Waals surface area contributed by atoms with Gasteiger partial charge < -0.3 is 24.0 Å². The lowest BCUT2D eigenvalue weighted by atomic mass is 10.1. The maximum atomic E-state index is 13.6. The SMILES string of the molecule is CCOP(=O)(CC(=O)N1CCOc2c1ccc1ncnc(Nc3ccc(F)c(Cl)c3)c21)OCC. The van der Waals surface area contributed by atoms with Gasteiger partial charge >= 0.3 is 7.60 Å². The summed E-state index contributed by atoms with van der Waals surface area (Å²) in [5, 5.41) is 3.61. The molecule has 1 aromatic heterocycles. The van der Waals surface area contributed by atoms with Crippen molar-refractivity contribution < 1.29 is 27.5 Å². The van der Waals surface area contributed by atoms with E-state index in [4.69, 9.17) is 25.4 Å². The highest BCUT2D eigenvalue weighted by atomic mass is 35.5. The monoisotopic (exact) mass is 508 g/mol. The minimum absolute atomic E-state index is 0.0357. The van der Waals surface area contributed by atoms with E-state index in [0.29, 0.717) is 33.8 Å². The zero-order chi connectivity index (χ0) is 24.3. The summed E-state index contributed by atoms with van der Waals surface area (Å²) in [6.45, 7) is 4.18. The van der Waals surface area contributed by atoms with Crippen molar-refractivity contribution in [3.63, 3.8) is 0 Å². The highest BCUT2D eigenvalue weighted by Gasteiger charge is 2.34. The van der Waals surface area contributed by atoms with Gasteiger partial charge in [0, 0.05) is 5.69 Å². The van der Waals surface area contributed by atoms with Gasteiger partial charge in [-0.1, -0.05) is 11.6 Å². The molecule has 180 valence electrons. The van der Waals surface area contributed by atoms with Gasteiger partial charge in [-0.05, 0) is 44.2 Å². The Labute approximate surface area is 200 Å². The van der Waals surface area contributed by atoms with Crippen LogP contribution >= 0.6 is 19.2 Å². The number of carbonyl (C=O) groups is 1. The fourth-order valence-electron chi connectivity index (χ4n) is 3.67. The summed E-state index contributed by atoms with van der Waals surface area (Å²) < 4.78 is 43.0. The molecule has 34 heavy (non-hydrogen) atoms. The van der Waals surface area contributed by atoms with Gasteiger partial charge in [-0.2, -0.15) is 0 Å². The van der Waals surface area contributed by atoms with Gasteiger partial charge in [-0.25, -0.2) is 14.4 Å². The van der Waals surface area contributed by atoms with Crippen molar-refractivity contribution in [2.45, 2.75) is 13.8 Å². The highest BCUT2D eigenvalue weighted by molar-refractivity contribution is 7.54. The second-order valence-electron chi connectivity index (χ2n) is 7.28. The Kier molecular flexibility index (Phi) is 7.33. The van der Waals surface area contributed by atoms with Crippen LogP contribution in [-0.2, 0) is 18.4 Å². The van der Waals surface area contributed by atoms with Crippen molar-refractivity contribution >= 4 is 53.2 Å². The van der Waals surface area contributed by atoms with Gasteiger partial charge in [0.25, 0.3) is 0 Å². The fourth-order valence-corrected chi connectivity index (χ4v) is 5.39. The highest BCUT2D eigenvalue weighted by Crippen LogP contribution is 2.49. The molecule has 4 rings (SSSR count). The van der Waals surface area contributed by atoms with Crippen LogP contribution in [0.4, 0.5) is 21.6 Å². The van der Waals surface area contributed by atoms with Crippen LogP contribution in [0.3, 0.4) is 0 Å². The summed E-state index contributed by atoms with van der Waals surface area (Å²) >= 11 is 5.91. The maximum Gasteiger partial charge on any atom is 0.340 e. The van der Waals surface area contributed by atoms with E-state index in [9.17, 15) is 13.8 Å². The Morgan fingerprint density at radius 2 is 2.00 bits per heavy atom. The van der Waals surface area contributed by atoms with Crippen molar-refractivity contribution in [3.8, 4) is 5.75 Å². The third-order valence-electron chi connectivity index (χ3n) is 5.05. The Balaban J connectivity index is 1.71. The Morgan fingerprint density at radius 1 is 1.24 bits per heavy atom. The van der Waals surface area contributed by atoms with Gasteiger partial charge in [0.05, 0.1) is 41.4 Å². The van der Waals surface area contributed by atoms with Crippen molar-refractivity contribution in [3.05, 3.63) is 47.5 Å². The van der Waals surface area contributed by atoms with Crippen LogP contribution in [0, 0.1) is 5.82 Å². The van der Waals surface area contributed by atoms with Crippen molar-refractivity contribution in [1.82, 2.24) is 9.97 Å². The first-order valence-corrected chi connectivity index (χ1v) is 12.8. The number of benzene rings is 2. The molecule has 0 saturated carbocycles. The van der Waals surface area contributed by atoms with E-state index < -0.39 is 25.5 Å². The second kappa shape index (κ2) is 10.2. The molecular weight excluding hydrogens is 486 g/mol. The summed E-state index contributed by atoms with van der Waals surface area (Å²) in [6.07, 6.45) is 0.991. The average molecular weight is 509 g/mol. The molecule has 1 amide bonds. The smallest absolute Gasteiger partial charge is 0.340 e. The predicted octanol–water partition coefficient (Wildman–Crippen LogP) is 5.16. The zero-order valence-electron chi connectivity index (χ0n) is 18.6. The first kappa shape index (κ1) is 24.3. The number of rotatable bonds is 8. The molecule has 1 aliphatic rings. The molecule has 0 spiro atoms. The summed E-state index contributed by atoms with van der Waals surface area (Å²) in [4.78, 5) is 23.3. The lowest BCUT2D eigenvalue weighted by Gasteiger charge is -2.31. The molecule has 0 atom stereocenters. The number of hydrogen-bond acceptors (Lipinski definition) is 8. The largest absolute Gasteiger partial charge is 0.489 e. The van der Waals surface area contributed by atoms with Gasteiger partial charge in [0.1, 0.15) is 30.7 Å². The summed E-state index contributed by atoms with van der Waals surface area (Å²) in [7, 11) is -3.58. The van der Waals surface area contributed by atoms with Crippen LogP contribution in [-0.4, -0.2) is 48.4 Å². The van der Waals surface area contributed by atoms with Gasteiger partial charge in [0.15, 0.2) is 5.75 Å². The summed E-state index contributed by atoms with van der Waals surface area (Å²) in [5.74, 6) is -0.152. The summed E-state index contributed by atoms with van der Waals surface area (Å²) in [5.41, 5.74) is 1.58. The molecule has 0 radical (unpaired) electrons. The van der Waals surface area contributed by atoms with Crippen LogP contribution in [0.1, 0.15) is 13.8 Å². The number of nitrogens with zero attached hydrogens (tertiary/aromatic N) is 3. The maximum absolute atomic E-state index is 13.6. The average Bonchev–Trinajstić information content (AvgIpc) is 2.81. The first-order chi connectivity index (χ1) is 16.3. The molecule has 0 unspecified atom stereocenters. The van der Waals surface area contributed by atoms with E-state index in [2.05, 4.69) is 15.3 Å². The normalized spacial score (nSPS) is 13.5.